The highest BCUT2D eigenvalue weighted by Crippen LogP contribution is 2.37. The van der Waals surface area contributed by atoms with E-state index in [4.69, 9.17) is 21.1 Å². The summed E-state index contributed by atoms with van der Waals surface area (Å²) in [6, 6.07) is 13.9. The van der Waals surface area contributed by atoms with Crippen LogP contribution in [-0.4, -0.2) is 13.7 Å². The number of nitrogens with one attached hydrogen (secondary N) is 1. The zero-order valence-electron chi connectivity index (χ0n) is 11.2. The molecule has 0 saturated carbocycles. The van der Waals surface area contributed by atoms with Crippen molar-refractivity contribution in [2.75, 3.05) is 19.0 Å². The highest BCUT2D eigenvalue weighted by atomic mass is 35.5. The molecule has 1 heterocycles. The third-order valence-corrected chi connectivity index (χ3v) is 3.68. The molecule has 4 heteroatoms. The van der Waals surface area contributed by atoms with E-state index in [-0.39, 0.29) is 6.04 Å². The number of hydrogen-bond donors (Lipinski definition) is 1. The smallest absolute Gasteiger partial charge is 0.142 e. The monoisotopic (exact) mass is 289 g/mol. The van der Waals surface area contributed by atoms with Gasteiger partial charge in [-0.05, 0) is 24.3 Å². The van der Waals surface area contributed by atoms with E-state index >= 15 is 0 Å². The van der Waals surface area contributed by atoms with Gasteiger partial charge in [-0.2, -0.15) is 0 Å². The lowest BCUT2D eigenvalue weighted by molar-refractivity contribution is 0.274. The van der Waals surface area contributed by atoms with Crippen LogP contribution in [0.4, 0.5) is 5.69 Å². The minimum atomic E-state index is 0.201. The summed E-state index contributed by atoms with van der Waals surface area (Å²) in [5.74, 6) is 1.73. The minimum Gasteiger partial charge on any atom is -0.495 e. The van der Waals surface area contributed by atoms with Crippen LogP contribution in [0.15, 0.2) is 42.5 Å². The third kappa shape index (κ3) is 2.54. The standard InChI is InChI=1S/C16H16ClNO2/c1-19-16-7-6-11(17)10-14(16)18-13-8-9-20-15-5-3-2-4-12(13)15/h2-7,10,13,18H,8-9H2,1H3. The second-order valence-corrected chi connectivity index (χ2v) is 5.15. The second-order valence-electron chi connectivity index (χ2n) is 4.72. The van der Waals surface area contributed by atoms with Crippen LogP contribution in [0.25, 0.3) is 0 Å². The van der Waals surface area contributed by atoms with Gasteiger partial charge in [0, 0.05) is 17.0 Å². The lowest BCUT2D eigenvalue weighted by Gasteiger charge is -2.28. The molecule has 3 nitrogen and oxygen atoms in total. The van der Waals surface area contributed by atoms with Crippen molar-refractivity contribution >= 4 is 17.3 Å². The van der Waals surface area contributed by atoms with Crippen LogP contribution in [0.2, 0.25) is 5.02 Å². The van der Waals surface area contributed by atoms with Crippen molar-refractivity contribution in [3.05, 3.63) is 53.1 Å². The zero-order chi connectivity index (χ0) is 13.9. The highest BCUT2D eigenvalue weighted by molar-refractivity contribution is 6.30. The number of para-hydroxylation sites is 1. The molecule has 0 bridgehead atoms. The molecule has 0 amide bonds. The van der Waals surface area contributed by atoms with Gasteiger partial charge < -0.3 is 14.8 Å². The van der Waals surface area contributed by atoms with Gasteiger partial charge in [-0.3, -0.25) is 0 Å². The zero-order valence-corrected chi connectivity index (χ0v) is 12.0. The van der Waals surface area contributed by atoms with Crippen LogP contribution in [0, 0.1) is 0 Å². The number of anilines is 1. The first kappa shape index (κ1) is 13.1. The number of ether oxygens (including phenoxy) is 2. The average molecular weight is 290 g/mol. The van der Waals surface area contributed by atoms with E-state index in [2.05, 4.69) is 11.4 Å². The Morgan fingerprint density at radius 1 is 1.25 bits per heavy atom. The summed E-state index contributed by atoms with van der Waals surface area (Å²) in [6.07, 6.45) is 0.909. The largest absolute Gasteiger partial charge is 0.495 e. The summed E-state index contributed by atoms with van der Waals surface area (Å²) < 4.78 is 11.1. The van der Waals surface area contributed by atoms with Gasteiger partial charge in [0.1, 0.15) is 11.5 Å². The Morgan fingerprint density at radius 3 is 2.95 bits per heavy atom. The van der Waals surface area contributed by atoms with Gasteiger partial charge in [-0.15, -0.1) is 0 Å². The summed E-state index contributed by atoms with van der Waals surface area (Å²) in [4.78, 5) is 0. The Balaban J connectivity index is 1.91. The van der Waals surface area contributed by atoms with E-state index in [1.807, 2.05) is 36.4 Å². The van der Waals surface area contributed by atoms with Crippen LogP contribution < -0.4 is 14.8 Å². The normalized spacial score (nSPS) is 17.0. The minimum absolute atomic E-state index is 0.201. The summed E-state index contributed by atoms with van der Waals surface area (Å²) in [5.41, 5.74) is 2.07. The maximum absolute atomic E-state index is 6.07. The van der Waals surface area contributed by atoms with Crippen molar-refractivity contribution in [3.8, 4) is 11.5 Å². The Hall–Kier alpha value is -1.87. The van der Waals surface area contributed by atoms with Gasteiger partial charge in [0.15, 0.2) is 0 Å². The Bertz CT molecular complexity index is 615. The van der Waals surface area contributed by atoms with Crippen molar-refractivity contribution in [2.45, 2.75) is 12.5 Å². The molecule has 20 heavy (non-hydrogen) atoms. The lowest BCUT2D eigenvalue weighted by Crippen LogP contribution is -2.20. The predicted octanol–water partition coefficient (Wildman–Crippen LogP) is 4.28. The fraction of sp³-hybridized carbons (Fsp3) is 0.250. The fourth-order valence-electron chi connectivity index (χ4n) is 2.47. The van der Waals surface area contributed by atoms with E-state index in [0.29, 0.717) is 11.6 Å². The highest BCUT2D eigenvalue weighted by Gasteiger charge is 2.21. The number of halogens is 1. The van der Waals surface area contributed by atoms with Crippen molar-refractivity contribution in [3.63, 3.8) is 0 Å². The molecule has 1 aliphatic rings. The topological polar surface area (TPSA) is 30.5 Å². The molecule has 2 aromatic carbocycles. The molecule has 1 unspecified atom stereocenters. The molecule has 0 aliphatic carbocycles. The van der Waals surface area contributed by atoms with Crippen LogP contribution in [0.5, 0.6) is 11.5 Å². The molecule has 0 saturated heterocycles. The maximum Gasteiger partial charge on any atom is 0.142 e. The summed E-state index contributed by atoms with van der Waals surface area (Å²) in [7, 11) is 1.66. The van der Waals surface area contributed by atoms with E-state index in [1.165, 1.54) is 5.56 Å². The van der Waals surface area contributed by atoms with Crippen LogP contribution in [0.1, 0.15) is 18.0 Å². The SMILES string of the molecule is COc1ccc(Cl)cc1NC1CCOc2ccccc21. The lowest BCUT2D eigenvalue weighted by atomic mass is 10.0. The number of methoxy groups -OCH3 is 1. The van der Waals surface area contributed by atoms with Crippen molar-refractivity contribution < 1.29 is 9.47 Å². The van der Waals surface area contributed by atoms with E-state index in [1.54, 1.807) is 7.11 Å². The molecular formula is C16H16ClNO2. The molecule has 0 spiro atoms. The third-order valence-electron chi connectivity index (χ3n) is 3.45. The molecule has 0 radical (unpaired) electrons. The molecule has 2 aromatic rings. The Kier molecular flexibility index (Phi) is 3.70. The van der Waals surface area contributed by atoms with Gasteiger partial charge >= 0.3 is 0 Å². The van der Waals surface area contributed by atoms with Crippen LogP contribution in [0.3, 0.4) is 0 Å². The van der Waals surface area contributed by atoms with Gasteiger partial charge in [0.05, 0.1) is 25.4 Å². The number of benzene rings is 2. The molecule has 104 valence electrons. The second kappa shape index (κ2) is 5.63. The number of hydrogen-bond acceptors (Lipinski definition) is 3. The first-order chi connectivity index (χ1) is 9.78. The number of rotatable bonds is 3. The first-order valence-corrected chi connectivity index (χ1v) is 6.97. The van der Waals surface area contributed by atoms with E-state index in [0.717, 1.165) is 23.6 Å². The van der Waals surface area contributed by atoms with Crippen LogP contribution in [-0.2, 0) is 0 Å². The van der Waals surface area contributed by atoms with E-state index < -0.39 is 0 Å². The van der Waals surface area contributed by atoms with Crippen molar-refractivity contribution in [1.82, 2.24) is 0 Å². The molecule has 0 aromatic heterocycles. The molecular weight excluding hydrogens is 274 g/mol. The molecule has 0 fully saturated rings. The average Bonchev–Trinajstić information content (AvgIpc) is 2.48. The van der Waals surface area contributed by atoms with Crippen molar-refractivity contribution in [2.24, 2.45) is 0 Å². The first-order valence-electron chi connectivity index (χ1n) is 6.60. The molecule has 1 atom stereocenters. The molecule has 1 aliphatic heterocycles. The fourth-order valence-corrected chi connectivity index (χ4v) is 2.64. The van der Waals surface area contributed by atoms with Gasteiger partial charge in [-0.1, -0.05) is 29.8 Å². The summed E-state index contributed by atoms with van der Waals surface area (Å²) >= 11 is 6.07. The van der Waals surface area contributed by atoms with Crippen molar-refractivity contribution in [1.29, 1.82) is 0 Å². The summed E-state index contributed by atoms with van der Waals surface area (Å²) in [6.45, 7) is 0.706. The quantitative estimate of drug-likeness (QED) is 0.914. The molecule has 3 rings (SSSR count). The Labute approximate surface area is 123 Å². The van der Waals surface area contributed by atoms with Crippen LogP contribution >= 0.6 is 11.6 Å². The van der Waals surface area contributed by atoms with Gasteiger partial charge in [0.2, 0.25) is 0 Å². The van der Waals surface area contributed by atoms with Gasteiger partial charge in [0.25, 0.3) is 0 Å². The van der Waals surface area contributed by atoms with Gasteiger partial charge in [-0.25, -0.2) is 0 Å². The van der Waals surface area contributed by atoms with E-state index in [9.17, 15) is 0 Å². The number of fused-ring (bicyclic) bond motifs is 1. The predicted molar refractivity (Wildman–Crippen MR) is 80.9 cm³/mol. The maximum atomic E-state index is 6.07. The summed E-state index contributed by atoms with van der Waals surface area (Å²) in [5, 5.41) is 4.20. The molecule has 1 N–H and O–H groups in total. The Morgan fingerprint density at radius 2 is 2.10 bits per heavy atom.